The summed E-state index contributed by atoms with van der Waals surface area (Å²) in [4.78, 5) is 0. The van der Waals surface area contributed by atoms with Crippen molar-refractivity contribution in [3.05, 3.63) is 66.2 Å². The summed E-state index contributed by atoms with van der Waals surface area (Å²) in [6.45, 7) is 7.90. The van der Waals surface area contributed by atoms with Gasteiger partial charge in [-0.1, -0.05) is 42.5 Å². The van der Waals surface area contributed by atoms with E-state index in [1.165, 1.54) is 0 Å². The number of methoxy groups -OCH3 is 1. The van der Waals surface area contributed by atoms with Gasteiger partial charge in [-0.3, -0.25) is 0 Å². The van der Waals surface area contributed by atoms with Crippen molar-refractivity contribution in [2.75, 3.05) is 7.11 Å². The van der Waals surface area contributed by atoms with E-state index >= 15 is 0 Å². The molecule has 2 aromatic rings. The van der Waals surface area contributed by atoms with Crippen LogP contribution in [0.4, 0.5) is 0 Å². The first-order valence-corrected chi connectivity index (χ1v) is 6.88. The molecule has 0 bridgehead atoms. The second-order valence-corrected chi connectivity index (χ2v) is 4.82. The lowest BCUT2D eigenvalue weighted by atomic mass is 10.1. The smallest absolute Gasteiger partial charge is 0.169 e. The predicted molar refractivity (Wildman–Crippen MR) is 88.9 cm³/mol. The number of rotatable bonds is 5. The molecule has 0 amide bonds. The van der Waals surface area contributed by atoms with Crippen molar-refractivity contribution < 1.29 is 9.47 Å². The number of allylic oxidation sites excluding steroid dienone is 2. The standard InChI is InChI=1S/C19H20O2/c1-5-6-15-7-12-18(19(13-15)20-4)21-17-10-8-16(9-11-17)14(2)3/h5-13H,2H2,1,3-4H3/b6-5+. The normalized spacial score (nSPS) is 10.6. The van der Waals surface area contributed by atoms with Crippen LogP contribution in [-0.2, 0) is 0 Å². The summed E-state index contributed by atoms with van der Waals surface area (Å²) >= 11 is 0. The Balaban J connectivity index is 2.24. The number of hydrogen-bond donors (Lipinski definition) is 0. The minimum absolute atomic E-state index is 0.703. The maximum absolute atomic E-state index is 5.89. The van der Waals surface area contributed by atoms with Crippen molar-refractivity contribution in [3.63, 3.8) is 0 Å². The maximum atomic E-state index is 5.89. The van der Waals surface area contributed by atoms with Crippen molar-refractivity contribution in [3.8, 4) is 17.2 Å². The molecular formula is C19H20O2. The Kier molecular flexibility index (Phi) is 4.83. The van der Waals surface area contributed by atoms with Crippen molar-refractivity contribution in [1.82, 2.24) is 0 Å². The van der Waals surface area contributed by atoms with Crippen LogP contribution in [0.3, 0.4) is 0 Å². The number of ether oxygens (including phenoxy) is 2. The molecule has 0 aliphatic heterocycles. The van der Waals surface area contributed by atoms with Crippen LogP contribution in [0.1, 0.15) is 25.0 Å². The van der Waals surface area contributed by atoms with Crippen LogP contribution in [0.2, 0.25) is 0 Å². The van der Waals surface area contributed by atoms with E-state index in [2.05, 4.69) is 6.58 Å². The second kappa shape index (κ2) is 6.80. The van der Waals surface area contributed by atoms with Gasteiger partial charge in [0.25, 0.3) is 0 Å². The highest BCUT2D eigenvalue weighted by molar-refractivity contribution is 5.62. The molecule has 21 heavy (non-hydrogen) atoms. The predicted octanol–water partition coefficient (Wildman–Crippen LogP) is 5.55. The first kappa shape index (κ1) is 14.9. The lowest BCUT2D eigenvalue weighted by molar-refractivity contribution is 0.379. The quantitative estimate of drug-likeness (QED) is 0.714. The Bertz CT molecular complexity index is 652. The van der Waals surface area contributed by atoms with Crippen molar-refractivity contribution in [2.45, 2.75) is 13.8 Å². The third kappa shape index (κ3) is 3.76. The molecule has 0 N–H and O–H groups in total. The Morgan fingerprint density at radius 2 is 1.76 bits per heavy atom. The largest absolute Gasteiger partial charge is 0.493 e. The van der Waals surface area contributed by atoms with Crippen LogP contribution in [0.5, 0.6) is 17.2 Å². The van der Waals surface area contributed by atoms with Gasteiger partial charge >= 0.3 is 0 Å². The summed E-state index contributed by atoms with van der Waals surface area (Å²) in [7, 11) is 1.64. The van der Waals surface area contributed by atoms with Gasteiger partial charge in [-0.25, -0.2) is 0 Å². The van der Waals surface area contributed by atoms with Crippen molar-refractivity contribution in [1.29, 1.82) is 0 Å². The van der Waals surface area contributed by atoms with Gasteiger partial charge in [0.15, 0.2) is 11.5 Å². The summed E-state index contributed by atoms with van der Waals surface area (Å²) in [6.07, 6.45) is 4.01. The molecule has 0 aliphatic rings. The Morgan fingerprint density at radius 1 is 1.05 bits per heavy atom. The molecule has 0 spiro atoms. The average Bonchev–Trinajstić information content (AvgIpc) is 2.49. The first-order chi connectivity index (χ1) is 10.1. The van der Waals surface area contributed by atoms with Crippen LogP contribution < -0.4 is 9.47 Å². The molecule has 2 rings (SSSR count). The first-order valence-electron chi connectivity index (χ1n) is 6.88. The lowest BCUT2D eigenvalue weighted by Gasteiger charge is -2.11. The van der Waals surface area contributed by atoms with Gasteiger partial charge in [0.2, 0.25) is 0 Å². The number of hydrogen-bond acceptors (Lipinski definition) is 2. The molecule has 0 saturated heterocycles. The molecule has 0 atom stereocenters. The zero-order valence-corrected chi connectivity index (χ0v) is 12.7. The van der Waals surface area contributed by atoms with E-state index in [0.717, 1.165) is 28.2 Å². The van der Waals surface area contributed by atoms with Crippen LogP contribution in [0.25, 0.3) is 11.6 Å². The van der Waals surface area contributed by atoms with Gasteiger partial charge in [0.05, 0.1) is 7.11 Å². The summed E-state index contributed by atoms with van der Waals surface area (Å²) < 4.78 is 11.3. The highest BCUT2D eigenvalue weighted by atomic mass is 16.5. The zero-order valence-electron chi connectivity index (χ0n) is 12.7. The van der Waals surface area contributed by atoms with Crippen LogP contribution in [0.15, 0.2) is 55.1 Å². The minimum Gasteiger partial charge on any atom is -0.493 e. The van der Waals surface area contributed by atoms with E-state index in [0.29, 0.717) is 5.75 Å². The molecule has 0 heterocycles. The van der Waals surface area contributed by atoms with E-state index in [4.69, 9.17) is 9.47 Å². The topological polar surface area (TPSA) is 18.5 Å². The molecular weight excluding hydrogens is 260 g/mol. The third-order valence-corrected chi connectivity index (χ3v) is 3.12. The van der Waals surface area contributed by atoms with E-state index in [9.17, 15) is 0 Å². The number of benzene rings is 2. The lowest BCUT2D eigenvalue weighted by Crippen LogP contribution is -1.91. The van der Waals surface area contributed by atoms with Gasteiger partial charge in [-0.05, 0) is 49.2 Å². The fourth-order valence-electron chi connectivity index (χ4n) is 2.00. The molecule has 2 nitrogen and oxygen atoms in total. The molecule has 0 aromatic heterocycles. The van der Waals surface area contributed by atoms with E-state index in [1.807, 2.05) is 68.5 Å². The monoisotopic (exact) mass is 280 g/mol. The minimum atomic E-state index is 0.703. The molecule has 2 aromatic carbocycles. The third-order valence-electron chi connectivity index (χ3n) is 3.12. The Morgan fingerprint density at radius 3 is 2.33 bits per heavy atom. The highest BCUT2D eigenvalue weighted by Crippen LogP contribution is 2.33. The molecule has 0 fully saturated rings. The fraction of sp³-hybridized carbons (Fsp3) is 0.158. The SMILES string of the molecule is C=C(C)c1ccc(Oc2ccc(/C=C/C)cc2OC)cc1. The summed E-state index contributed by atoms with van der Waals surface area (Å²) in [5.41, 5.74) is 3.23. The average molecular weight is 280 g/mol. The maximum Gasteiger partial charge on any atom is 0.169 e. The molecule has 0 radical (unpaired) electrons. The summed E-state index contributed by atoms with van der Waals surface area (Å²) in [5, 5.41) is 0. The van der Waals surface area contributed by atoms with Gasteiger partial charge in [-0.15, -0.1) is 0 Å². The van der Waals surface area contributed by atoms with Crippen LogP contribution >= 0.6 is 0 Å². The van der Waals surface area contributed by atoms with Crippen molar-refractivity contribution >= 4 is 11.6 Å². The highest BCUT2D eigenvalue weighted by Gasteiger charge is 2.06. The molecule has 0 saturated carbocycles. The summed E-state index contributed by atoms with van der Waals surface area (Å²) in [5.74, 6) is 2.19. The van der Waals surface area contributed by atoms with Crippen molar-refractivity contribution in [2.24, 2.45) is 0 Å². The van der Waals surface area contributed by atoms with Gasteiger partial charge in [0, 0.05) is 0 Å². The second-order valence-electron chi connectivity index (χ2n) is 4.82. The van der Waals surface area contributed by atoms with E-state index in [1.54, 1.807) is 7.11 Å². The molecule has 108 valence electrons. The fourth-order valence-corrected chi connectivity index (χ4v) is 2.00. The van der Waals surface area contributed by atoms with E-state index < -0.39 is 0 Å². The van der Waals surface area contributed by atoms with E-state index in [-0.39, 0.29) is 0 Å². The van der Waals surface area contributed by atoms with Crippen LogP contribution in [-0.4, -0.2) is 7.11 Å². The van der Waals surface area contributed by atoms with Gasteiger partial charge < -0.3 is 9.47 Å². The zero-order chi connectivity index (χ0) is 15.2. The van der Waals surface area contributed by atoms with Gasteiger partial charge in [0.1, 0.15) is 5.75 Å². The van der Waals surface area contributed by atoms with Gasteiger partial charge in [-0.2, -0.15) is 0 Å². The Labute approximate surface area is 126 Å². The summed E-state index contributed by atoms with van der Waals surface area (Å²) in [6, 6.07) is 13.7. The molecule has 0 aliphatic carbocycles. The van der Waals surface area contributed by atoms with Crippen LogP contribution in [0, 0.1) is 0 Å². The molecule has 2 heteroatoms. The molecule has 0 unspecified atom stereocenters. The Hall–Kier alpha value is -2.48.